The van der Waals surface area contributed by atoms with Crippen molar-refractivity contribution in [2.75, 3.05) is 7.11 Å². The molecule has 88 valence electrons. The summed E-state index contributed by atoms with van der Waals surface area (Å²) >= 11 is 7.53. The van der Waals surface area contributed by atoms with Crippen LogP contribution in [0.1, 0.15) is 17.7 Å². The van der Waals surface area contributed by atoms with E-state index in [1.807, 2.05) is 22.6 Å². The molecule has 0 bridgehead atoms. The van der Waals surface area contributed by atoms with Gasteiger partial charge in [-0.15, -0.1) is 0 Å². The Balaban J connectivity index is 3.11. The molecule has 1 heterocycles. The number of ether oxygens (including phenoxy) is 1. The fourth-order valence-corrected chi connectivity index (χ4v) is 1.72. The lowest BCUT2D eigenvalue weighted by molar-refractivity contribution is -0.139. The molecule has 0 aliphatic carbocycles. The van der Waals surface area contributed by atoms with Gasteiger partial charge in [-0.3, -0.25) is 4.79 Å². The van der Waals surface area contributed by atoms with Gasteiger partial charge < -0.3 is 4.74 Å². The van der Waals surface area contributed by atoms with Crippen LogP contribution in [0, 0.1) is 3.57 Å². The van der Waals surface area contributed by atoms with Crippen molar-refractivity contribution < 1.29 is 18.3 Å². The first-order chi connectivity index (χ1) is 7.45. The average molecular weight is 362 g/mol. The Morgan fingerprint density at radius 1 is 1.69 bits per heavy atom. The van der Waals surface area contributed by atoms with Crippen LogP contribution in [0.15, 0.2) is 6.07 Å². The average Bonchev–Trinajstić information content (AvgIpc) is 2.23. The molecule has 0 fully saturated rings. The molecule has 1 aromatic heterocycles. The first-order valence-corrected chi connectivity index (χ1v) is 5.61. The zero-order chi connectivity index (χ0) is 12.3. The van der Waals surface area contributed by atoms with Crippen molar-refractivity contribution >= 4 is 40.2 Å². The number of rotatable bonds is 3. The highest BCUT2D eigenvalue weighted by molar-refractivity contribution is 14.1. The predicted octanol–water partition coefficient (Wildman–Crippen LogP) is 2.99. The number of alkyl halides is 2. The molecule has 0 aliphatic heterocycles. The molecule has 0 saturated carbocycles. The van der Waals surface area contributed by atoms with Gasteiger partial charge in [0.05, 0.1) is 17.1 Å². The first kappa shape index (κ1) is 13.6. The van der Waals surface area contributed by atoms with E-state index in [2.05, 4.69) is 9.72 Å². The van der Waals surface area contributed by atoms with Crippen LogP contribution in [0.4, 0.5) is 8.78 Å². The molecule has 0 aliphatic rings. The standard InChI is InChI=1S/C9H7ClF2INO2/c1-16-6(15)3-4-2-5(9(11)12)14-8(10)7(4)13/h2,9H,3H2,1H3. The van der Waals surface area contributed by atoms with Crippen molar-refractivity contribution in [2.45, 2.75) is 12.8 Å². The van der Waals surface area contributed by atoms with E-state index < -0.39 is 18.1 Å². The topological polar surface area (TPSA) is 39.2 Å². The molecular formula is C9H7ClF2INO2. The Kier molecular flexibility index (Phi) is 4.85. The van der Waals surface area contributed by atoms with Crippen molar-refractivity contribution in [2.24, 2.45) is 0 Å². The van der Waals surface area contributed by atoms with Crippen LogP contribution in [0.25, 0.3) is 0 Å². The third-order valence-electron chi connectivity index (χ3n) is 1.80. The first-order valence-electron chi connectivity index (χ1n) is 4.15. The molecule has 0 unspecified atom stereocenters. The molecule has 0 aromatic carbocycles. The third kappa shape index (κ3) is 3.24. The molecule has 0 radical (unpaired) electrons. The van der Waals surface area contributed by atoms with Gasteiger partial charge in [-0.2, -0.15) is 0 Å². The number of halogens is 4. The van der Waals surface area contributed by atoms with Crippen LogP contribution < -0.4 is 0 Å². The fraction of sp³-hybridized carbons (Fsp3) is 0.333. The molecule has 7 heteroatoms. The van der Waals surface area contributed by atoms with Gasteiger partial charge in [0.1, 0.15) is 10.8 Å². The summed E-state index contributed by atoms with van der Waals surface area (Å²) in [5, 5.41) is -0.0303. The van der Waals surface area contributed by atoms with Gasteiger partial charge in [0, 0.05) is 0 Å². The molecule has 0 amide bonds. The minimum absolute atomic E-state index is 0.0303. The van der Waals surface area contributed by atoms with E-state index in [4.69, 9.17) is 11.6 Å². The van der Waals surface area contributed by atoms with E-state index in [0.29, 0.717) is 9.13 Å². The molecule has 0 spiro atoms. The maximum atomic E-state index is 12.4. The van der Waals surface area contributed by atoms with E-state index in [1.165, 1.54) is 7.11 Å². The van der Waals surface area contributed by atoms with Gasteiger partial charge in [-0.25, -0.2) is 13.8 Å². The number of hydrogen-bond acceptors (Lipinski definition) is 3. The highest BCUT2D eigenvalue weighted by Crippen LogP contribution is 2.26. The summed E-state index contributed by atoms with van der Waals surface area (Å²) in [5.41, 5.74) is -0.0490. The third-order valence-corrected chi connectivity index (χ3v) is 3.59. The second-order valence-corrected chi connectivity index (χ2v) is 4.30. The second kappa shape index (κ2) is 5.72. The molecule has 1 rings (SSSR count). The maximum absolute atomic E-state index is 12.4. The van der Waals surface area contributed by atoms with Crippen LogP contribution >= 0.6 is 34.2 Å². The number of hydrogen-bond donors (Lipinski definition) is 0. The SMILES string of the molecule is COC(=O)Cc1cc(C(F)F)nc(Cl)c1I. The van der Waals surface area contributed by atoms with E-state index >= 15 is 0 Å². The van der Waals surface area contributed by atoms with Crippen molar-refractivity contribution in [1.82, 2.24) is 4.98 Å². The number of carbonyl (C=O) groups excluding carboxylic acids is 1. The van der Waals surface area contributed by atoms with Crippen LogP contribution in [0.3, 0.4) is 0 Å². The van der Waals surface area contributed by atoms with Gasteiger partial charge in [0.15, 0.2) is 0 Å². The number of aromatic nitrogens is 1. The summed E-state index contributed by atoms with van der Waals surface area (Å²) in [7, 11) is 1.23. The Hall–Kier alpha value is -0.500. The number of methoxy groups -OCH3 is 1. The smallest absolute Gasteiger partial charge is 0.310 e. The highest BCUT2D eigenvalue weighted by Gasteiger charge is 2.17. The lowest BCUT2D eigenvalue weighted by Gasteiger charge is -2.07. The normalized spacial score (nSPS) is 10.6. The zero-order valence-corrected chi connectivity index (χ0v) is 11.1. The quantitative estimate of drug-likeness (QED) is 0.472. The van der Waals surface area contributed by atoms with Gasteiger partial charge in [-0.05, 0) is 34.2 Å². The Morgan fingerprint density at radius 3 is 2.81 bits per heavy atom. The monoisotopic (exact) mass is 361 g/mol. The number of carbonyl (C=O) groups is 1. The molecule has 1 aromatic rings. The maximum Gasteiger partial charge on any atom is 0.310 e. The summed E-state index contributed by atoms with van der Waals surface area (Å²) in [4.78, 5) is 14.6. The number of nitrogens with zero attached hydrogens (tertiary/aromatic N) is 1. The lowest BCUT2D eigenvalue weighted by atomic mass is 10.1. The molecule has 3 nitrogen and oxygen atoms in total. The highest BCUT2D eigenvalue weighted by atomic mass is 127. The van der Waals surface area contributed by atoms with E-state index in [-0.39, 0.29) is 11.6 Å². The van der Waals surface area contributed by atoms with Crippen molar-refractivity contribution in [3.8, 4) is 0 Å². The van der Waals surface area contributed by atoms with Crippen LogP contribution in [0.2, 0.25) is 5.15 Å². The van der Waals surface area contributed by atoms with Gasteiger partial charge in [0.2, 0.25) is 0 Å². The number of pyridine rings is 1. The lowest BCUT2D eigenvalue weighted by Crippen LogP contribution is -2.08. The minimum Gasteiger partial charge on any atom is -0.469 e. The largest absolute Gasteiger partial charge is 0.469 e. The van der Waals surface area contributed by atoms with Gasteiger partial charge in [0.25, 0.3) is 6.43 Å². The molecule has 16 heavy (non-hydrogen) atoms. The minimum atomic E-state index is -2.72. The van der Waals surface area contributed by atoms with Crippen LogP contribution in [-0.2, 0) is 16.0 Å². The summed E-state index contributed by atoms with van der Waals surface area (Å²) in [6, 6.07) is 1.16. The van der Waals surface area contributed by atoms with E-state index in [1.54, 1.807) is 0 Å². The zero-order valence-electron chi connectivity index (χ0n) is 8.14. The van der Waals surface area contributed by atoms with Crippen LogP contribution in [-0.4, -0.2) is 18.1 Å². The predicted molar refractivity (Wildman–Crippen MR) is 62.6 cm³/mol. The summed E-state index contributed by atoms with van der Waals surface area (Å²) in [6.45, 7) is 0. The Bertz CT molecular complexity index is 415. The fourth-order valence-electron chi connectivity index (χ4n) is 1.04. The van der Waals surface area contributed by atoms with E-state index in [9.17, 15) is 13.6 Å². The Labute approximate surface area is 109 Å². The van der Waals surface area contributed by atoms with E-state index in [0.717, 1.165) is 6.07 Å². The molecule has 0 saturated heterocycles. The Morgan fingerprint density at radius 2 is 2.31 bits per heavy atom. The van der Waals surface area contributed by atoms with Crippen molar-refractivity contribution in [1.29, 1.82) is 0 Å². The number of esters is 1. The summed E-state index contributed by atoms with van der Waals surface area (Å²) < 4.78 is 29.8. The van der Waals surface area contributed by atoms with Crippen molar-refractivity contribution in [3.63, 3.8) is 0 Å². The molecule has 0 atom stereocenters. The second-order valence-electron chi connectivity index (χ2n) is 2.86. The molecule has 0 N–H and O–H groups in total. The molecular weight excluding hydrogens is 354 g/mol. The van der Waals surface area contributed by atoms with Crippen molar-refractivity contribution in [3.05, 3.63) is 26.0 Å². The summed E-state index contributed by atoms with van der Waals surface area (Å²) in [5.74, 6) is -0.514. The van der Waals surface area contributed by atoms with Gasteiger partial charge >= 0.3 is 5.97 Å². The summed E-state index contributed by atoms with van der Waals surface area (Å²) in [6.07, 6.45) is -2.82. The van der Waals surface area contributed by atoms with Gasteiger partial charge in [-0.1, -0.05) is 11.6 Å². The van der Waals surface area contributed by atoms with Crippen LogP contribution in [0.5, 0.6) is 0 Å².